The second-order valence-corrected chi connectivity index (χ2v) is 4.56. The third-order valence-electron chi connectivity index (χ3n) is 3.33. The zero-order valence-corrected chi connectivity index (χ0v) is 10.6. The summed E-state index contributed by atoms with van der Waals surface area (Å²) >= 11 is 0. The molecular weight excluding hydrogens is 230 g/mol. The van der Waals surface area contributed by atoms with Crippen molar-refractivity contribution >= 4 is 5.91 Å². The molecule has 0 aromatic carbocycles. The van der Waals surface area contributed by atoms with Crippen LogP contribution in [0, 0.1) is 5.92 Å². The molecule has 2 rings (SSSR count). The molecule has 0 aliphatic carbocycles. The summed E-state index contributed by atoms with van der Waals surface area (Å²) in [6, 6.07) is 3.50. The normalized spacial score (nSPS) is 19.7. The molecule has 5 heteroatoms. The van der Waals surface area contributed by atoms with Crippen LogP contribution in [0.15, 0.2) is 18.3 Å². The van der Waals surface area contributed by atoms with Gasteiger partial charge in [0.25, 0.3) is 5.91 Å². The number of pyridine rings is 1. The maximum Gasteiger partial charge on any atom is 0.259 e. The Balaban J connectivity index is 2.15. The van der Waals surface area contributed by atoms with Crippen molar-refractivity contribution in [1.82, 2.24) is 9.88 Å². The van der Waals surface area contributed by atoms with Crippen molar-refractivity contribution in [2.75, 3.05) is 26.7 Å². The van der Waals surface area contributed by atoms with Gasteiger partial charge in [-0.25, -0.2) is 4.98 Å². The number of ether oxygens (including phenoxy) is 1. The van der Waals surface area contributed by atoms with Gasteiger partial charge in [0.1, 0.15) is 5.56 Å². The first kappa shape index (κ1) is 12.8. The lowest BCUT2D eigenvalue weighted by Crippen LogP contribution is -2.42. The summed E-state index contributed by atoms with van der Waals surface area (Å²) in [5.41, 5.74) is 6.21. The van der Waals surface area contributed by atoms with Gasteiger partial charge in [-0.3, -0.25) is 4.79 Å². The second kappa shape index (κ2) is 5.82. The van der Waals surface area contributed by atoms with Crippen LogP contribution in [0.1, 0.15) is 23.2 Å². The first-order valence-corrected chi connectivity index (χ1v) is 6.24. The number of piperidine rings is 1. The quantitative estimate of drug-likeness (QED) is 0.864. The predicted octanol–water partition coefficient (Wildman–Crippen LogP) is 0.901. The fourth-order valence-corrected chi connectivity index (χ4v) is 2.33. The van der Waals surface area contributed by atoms with E-state index in [2.05, 4.69) is 4.98 Å². The van der Waals surface area contributed by atoms with Gasteiger partial charge < -0.3 is 15.4 Å². The number of likely N-dealkylation sites (tertiary alicyclic amines) is 1. The molecule has 1 saturated heterocycles. The Morgan fingerprint density at radius 1 is 1.67 bits per heavy atom. The van der Waals surface area contributed by atoms with Crippen LogP contribution < -0.4 is 10.5 Å². The highest BCUT2D eigenvalue weighted by molar-refractivity contribution is 5.96. The van der Waals surface area contributed by atoms with Crippen molar-refractivity contribution in [2.45, 2.75) is 12.8 Å². The van der Waals surface area contributed by atoms with Crippen LogP contribution in [0.4, 0.5) is 0 Å². The van der Waals surface area contributed by atoms with Gasteiger partial charge in [0.2, 0.25) is 5.88 Å². The summed E-state index contributed by atoms with van der Waals surface area (Å²) in [4.78, 5) is 18.3. The third kappa shape index (κ3) is 2.61. The van der Waals surface area contributed by atoms with E-state index in [9.17, 15) is 4.79 Å². The van der Waals surface area contributed by atoms with E-state index in [1.165, 1.54) is 7.11 Å². The van der Waals surface area contributed by atoms with E-state index in [0.717, 1.165) is 25.9 Å². The molecule has 1 aliphatic heterocycles. The van der Waals surface area contributed by atoms with E-state index in [1.807, 2.05) is 4.90 Å². The zero-order chi connectivity index (χ0) is 13.0. The van der Waals surface area contributed by atoms with E-state index >= 15 is 0 Å². The number of methoxy groups -OCH3 is 1. The van der Waals surface area contributed by atoms with Gasteiger partial charge in [-0.15, -0.1) is 0 Å². The van der Waals surface area contributed by atoms with Crippen molar-refractivity contribution < 1.29 is 9.53 Å². The van der Waals surface area contributed by atoms with Gasteiger partial charge in [0.05, 0.1) is 7.11 Å². The number of carbonyl (C=O) groups is 1. The molecule has 0 radical (unpaired) electrons. The minimum Gasteiger partial charge on any atom is -0.480 e. The average Bonchev–Trinajstić information content (AvgIpc) is 2.46. The highest BCUT2D eigenvalue weighted by atomic mass is 16.5. The van der Waals surface area contributed by atoms with Crippen LogP contribution in [-0.4, -0.2) is 42.5 Å². The maximum atomic E-state index is 12.4. The third-order valence-corrected chi connectivity index (χ3v) is 3.33. The molecule has 1 fully saturated rings. The monoisotopic (exact) mass is 249 g/mol. The van der Waals surface area contributed by atoms with Crippen LogP contribution in [-0.2, 0) is 0 Å². The Morgan fingerprint density at radius 2 is 2.50 bits per heavy atom. The molecule has 1 amide bonds. The van der Waals surface area contributed by atoms with Crippen molar-refractivity contribution in [1.29, 1.82) is 0 Å². The number of carbonyl (C=O) groups excluding carboxylic acids is 1. The summed E-state index contributed by atoms with van der Waals surface area (Å²) in [6.45, 7) is 2.15. The van der Waals surface area contributed by atoms with Crippen LogP contribution in [0.2, 0.25) is 0 Å². The largest absolute Gasteiger partial charge is 0.480 e. The van der Waals surface area contributed by atoms with Crippen LogP contribution in [0.5, 0.6) is 5.88 Å². The van der Waals surface area contributed by atoms with Crippen LogP contribution in [0.25, 0.3) is 0 Å². The minimum absolute atomic E-state index is 0.0156. The Bertz CT molecular complexity index is 422. The zero-order valence-electron chi connectivity index (χ0n) is 10.6. The molecule has 0 spiro atoms. The van der Waals surface area contributed by atoms with E-state index in [4.69, 9.17) is 10.5 Å². The molecule has 1 aromatic heterocycles. The number of aromatic nitrogens is 1. The molecular formula is C13H19N3O2. The van der Waals surface area contributed by atoms with Crippen molar-refractivity contribution in [3.05, 3.63) is 23.9 Å². The molecule has 0 bridgehead atoms. The number of rotatable bonds is 3. The average molecular weight is 249 g/mol. The Labute approximate surface area is 107 Å². The SMILES string of the molecule is COc1ncccc1C(=O)N1CCCC(CN)C1. The van der Waals surface area contributed by atoms with Crippen molar-refractivity contribution in [2.24, 2.45) is 11.7 Å². The molecule has 2 N–H and O–H groups in total. The highest BCUT2D eigenvalue weighted by Crippen LogP contribution is 2.21. The number of hydrogen-bond donors (Lipinski definition) is 1. The fourth-order valence-electron chi connectivity index (χ4n) is 2.33. The lowest BCUT2D eigenvalue weighted by atomic mass is 9.98. The minimum atomic E-state index is -0.0156. The highest BCUT2D eigenvalue weighted by Gasteiger charge is 2.25. The molecule has 1 unspecified atom stereocenters. The van der Waals surface area contributed by atoms with Crippen LogP contribution in [0.3, 0.4) is 0 Å². The summed E-state index contributed by atoms with van der Waals surface area (Å²) in [7, 11) is 1.53. The molecule has 1 atom stereocenters. The Hall–Kier alpha value is -1.62. The van der Waals surface area contributed by atoms with Gasteiger partial charge in [-0.2, -0.15) is 0 Å². The molecule has 0 saturated carbocycles. The molecule has 1 aromatic rings. The smallest absolute Gasteiger partial charge is 0.259 e. The first-order chi connectivity index (χ1) is 8.76. The van der Waals surface area contributed by atoms with Gasteiger partial charge in [-0.05, 0) is 37.4 Å². The molecule has 98 valence electrons. The summed E-state index contributed by atoms with van der Waals surface area (Å²) in [5.74, 6) is 0.779. The molecule has 1 aliphatic rings. The van der Waals surface area contributed by atoms with Gasteiger partial charge in [0, 0.05) is 19.3 Å². The van der Waals surface area contributed by atoms with Crippen molar-refractivity contribution in [3.8, 4) is 5.88 Å². The predicted molar refractivity (Wildman–Crippen MR) is 68.5 cm³/mol. The summed E-state index contributed by atoms with van der Waals surface area (Å²) in [6.07, 6.45) is 3.73. The molecule has 2 heterocycles. The van der Waals surface area contributed by atoms with Crippen molar-refractivity contribution in [3.63, 3.8) is 0 Å². The number of nitrogens with two attached hydrogens (primary N) is 1. The number of amides is 1. The lowest BCUT2D eigenvalue weighted by molar-refractivity contribution is 0.0674. The van der Waals surface area contributed by atoms with Gasteiger partial charge in [0.15, 0.2) is 0 Å². The van der Waals surface area contributed by atoms with E-state index in [1.54, 1.807) is 18.3 Å². The molecule has 18 heavy (non-hydrogen) atoms. The van der Waals surface area contributed by atoms with E-state index in [-0.39, 0.29) is 5.91 Å². The van der Waals surface area contributed by atoms with E-state index < -0.39 is 0 Å². The fraction of sp³-hybridized carbons (Fsp3) is 0.538. The van der Waals surface area contributed by atoms with Crippen LogP contribution >= 0.6 is 0 Å². The Kier molecular flexibility index (Phi) is 4.15. The standard InChI is InChI=1S/C13H19N3O2/c1-18-12-11(5-2-6-15-12)13(17)16-7-3-4-10(8-14)9-16/h2,5-6,10H,3-4,7-9,14H2,1H3. The number of nitrogens with zero attached hydrogens (tertiary/aromatic N) is 2. The molecule has 5 nitrogen and oxygen atoms in total. The van der Waals surface area contributed by atoms with Gasteiger partial charge >= 0.3 is 0 Å². The van der Waals surface area contributed by atoms with E-state index in [0.29, 0.717) is 23.9 Å². The maximum absolute atomic E-state index is 12.4. The number of hydrogen-bond acceptors (Lipinski definition) is 4. The second-order valence-electron chi connectivity index (χ2n) is 4.56. The Morgan fingerprint density at radius 3 is 3.22 bits per heavy atom. The first-order valence-electron chi connectivity index (χ1n) is 6.24. The summed E-state index contributed by atoms with van der Waals surface area (Å²) in [5, 5.41) is 0. The van der Waals surface area contributed by atoms with Gasteiger partial charge in [-0.1, -0.05) is 0 Å². The lowest BCUT2D eigenvalue weighted by Gasteiger charge is -2.32. The topological polar surface area (TPSA) is 68.5 Å². The summed E-state index contributed by atoms with van der Waals surface area (Å²) < 4.78 is 5.13.